The van der Waals surface area contributed by atoms with Gasteiger partial charge in [0.15, 0.2) is 11.3 Å². The van der Waals surface area contributed by atoms with Gasteiger partial charge in [0, 0.05) is 9.69 Å². The fourth-order valence-corrected chi connectivity index (χ4v) is 4.69. The van der Waals surface area contributed by atoms with Crippen LogP contribution in [-0.2, 0) is 11.4 Å². The highest BCUT2D eigenvalue weighted by atomic mass is 79.9. The molecule has 0 aromatic heterocycles. The summed E-state index contributed by atoms with van der Waals surface area (Å²) >= 11 is 5.00. The molecule has 0 spiro atoms. The molecular weight excluding hydrogens is 500 g/mol. The predicted molar refractivity (Wildman–Crippen MR) is 134 cm³/mol. The monoisotopic (exact) mass is 520 g/mol. The Morgan fingerprint density at radius 3 is 2.64 bits per heavy atom. The number of halogens is 1. The lowest BCUT2D eigenvalue weighted by atomic mass is 10.1. The first-order valence-electron chi connectivity index (χ1n) is 10.6. The zero-order valence-electron chi connectivity index (χ0n) is 17.9. The lowest BCUT2D eigenvalue weighted by Crippen LogP contribution is -2.50. The number of hydrogen-bond acceptors (Lipinski definition) is 6. The molecule has 0 saturated heterocycles. The average Bonchev–Trinajstić information content (AvgIpc) is 2.83. The minimum atomic E-state index is -0.449. The fraction of sp³-hybridized carbons (Fsp3) is 0.160. The van der Waals surface area contributed by atoms with Crippen LogP contribution in [0.3, 0.4) is 0 Å². The summed E-state index contributed by atoms with van der Waals surface area (Å²) < 4.78 is 6.81. The van der Waals surface area contributed by atoms with Crippen LogP contribution < -0.4 is 20.6 Å². The van der Waals surface area contributed by atoms with E-state index in [-0.39, 0.29) is 5.91 Å². The van der Waals surface area contributed by atoms with Crippen LogP contribution in [0.2, 0.25) is 0 Å². The van der Waals surface area contributed by atoms with Gasteiger partial charge >= 0.3 is 0 Å². The van der Waals surface area contributed by atoms with E-state index in [9.17, 15) is 4.79 Å². The van der Waals surface area contributed by atoms with Gasteiger partial charge in [-0.1, -0.05) is 77.1 Å². The lowest BCUT2D eigenvalue weighted by molar-refractivity contribution is -0.116. The topological polar surface area (TPSA) is 66.3 Å². The lowest BCUT2D eigenvalue weighted by Gasteiger charge is -2.34. The number of hydrogen-bond donors (Lipinski definition) is 1. The normalized spacial score (nSPS) is 16.8. The van der Waals surface area contributed by atoms with Crippen molar-refractivity contribution in [1.29, 1.82) is 0 Å². The molecule has 1 amide bonds. The fourth-order valence-electron chi connectivity index (χ4n) is 3.75. The molecule has 5 rings (SSSR count). The van der Waals surface area contributed by atoms with Crippen molar-refractivity contribution in [3.8, 4) is 5.75 Å². The van der Waals surface area contributed by atoms with Crippen LogP contribution in [0.25, 0.3) is 5.70 Å². The molecule has 0 fully saturated rings. The van der Waals surface area contributed by atoms with Crippen LogP contribution in [0.1, 0.15) is 24.2 Å². The quantitative estimate of drug-likeness (QED) is 0.553. The van der Waals surface area contributed by atoms with E-state index < -0.39 is 6.17 Å². The number of benzene rings is 3. The largest absolute Gasteiger partial charge is 0.489 e. The molecule has 33 heavy (non-hydrogen) atoms. The van der Waals surface area contributed by atoms with E-state index in [0.29, 0.717) is 17.5 Å². The van der Waals surface area contributed by atoms with Gasteiger partial charge in [0.05, 0.1) is 5.36 Å². The summed E-state index contributed by atoms with van der Waals surface area (Å²) in [6.07, 6.45) is -0.449. The molecule has 3 aromatic carbocycles. The SMILES string of the molecule is CCSC1=NN2C(=c3cc(Br)ccc3=N[C@H]2c2ccc(OCc3ccccc3)cc2)C(=O)N1. The molecule has 0 unspecified atom stereocenters. The number of thioether (sulfide) groups is 1. The molecule has 0 saturated carbocycles. The van der Waals surface area contributed by atoms with E-state index >= 15 is 0 Å². The highest BCUT2D eigenvalue weighted by molar-refractivity contribution is 9.10. The van der Waals surface area contributed by atoms with Crippen molar-refractivity contribution in [3.05, 3.63) is 99.0 Å². The standard InChI is InChI=1S/C25H21BrN4O2S/c1-2-33-25-28-24(31)22-20-14-18(26)10-13-21(20)27-23(30(22)29-25)17-8-11-19(12-9-17)32-15-16-6-4-3-5-7-16/h3-14,23H,2,15H2,1H3,(H,28,29,31)/t23-/m1/s1. The van der Waals surface area contributed by atoms with Crippen LogP contribution in [0.5, 0.6) is 5.75 Å². The van der Waals surface area contributed by atoms with E-state index in [1.807, 2.05) is 79.7 Å². The molecule has 0 bridgehead atoms. The Bertz CT molecular complexity index is 1340. The maximum absolute atomic E-state index is 13.1. The molecule has 3 aromatic rings. The zero-order chi connectivity index (χ0) is 22.8. The molecule has 1 N–H and O–H groups in total. The number of fused-ring (bicyclic) bond motifs is 2. The van der Waals surface area contributed by atoms with Gasteiger partial charge < -0.3 is 4.74 Å². The summed E-state index contributed by atoms with van der Waals surface area (Å²) in [5.41, 5.74) is 2.53. The number of amides is 1. The molecule has 8 heteroatoms. The third-order valence-corrected chi connectivity index (χ3v) is 6.52. The molecule has 0 aliphatic carbocycles. The van der Waals surface area contributed by atoms with Crippen LogP contribution in [-0.4, -0.2) is 21.8 Å². The van der Waals surface area contributed by atoms with Crippen LogP contribution in [0, 0.1) is 0 Å². The van der Waals surface area contributed by atoms with E-state index in [1.54, 1.807) is 5.01 Å². The Labute approximate surface area is 204 Å². The Morgan fingerprint density at radius 2 is 1.88 bits per heavy atom. The van der Waals surface area contributed by atoms with Crippen LogP contribution in [0.4, 0.5) is 0 Å². The van der Waals surface area contributed by atoms with Crippen molar-refractivity contribution in [2.75, 3.05) is 5.75 Å². The molecule has 2 heterocycles. The molecule has 2 aliphatic rings. The number of carbonyl (C=O) groups is 1. The van der Waals surface area contributed by atoms with Crippen molar-refractivity contribution < 1.29 is 9.53 Å². The minimum absolute atomic E-state index is 0.178. The first-order valence-corrected chi connectivity index (χ1v) is 12.4. The molecule has 166 valence electrons. The average molecular weight is 521 g/mol. The number of amidine groups is 1. The van der Waals surface area contributed by atoms with Crippen molar-refractivity contribution in [1.82, 2.24) is 10.3 Å². The molecule has 1 atom stereocenters. The highest BCUT2D eigenvalue weighted by Gasteiger charge is 2.34. The van der Waals surface area contributed by atoms with Gasteiger partial charge in [-0.3, -0.25) is 15.1 Å². The van der Waals surface area contributed by atoms with Gasteiger partial charge in [-0.05, 0) is 47.2 Å². The second-order valence-corrected chi connectivity index (χ2v) is 9.66. The van der Waals surface area contributed by atoms with Gasteiger partial charge in [-0.25, -0.2) is 5.01 Å². The van der Waals surface area contributed by atoms with Gasteiger partial charge in [-0.15, -0.1) is 5.10 Å². The van der Waals surface area contributed by atoms with E-state index in [2.05, 4.69) is 21.2 Å². The summed E-state index contributed by atoms with van der Waals surface area (Å²) in [6.45, 7) is 2.53. The van der Waals surface area contributed by atoms with Crippen molar-refractivity contribution in [2.24, 2.45) is 10.1 Å². The summed E-state index contributed by atoms with van der Waals surface area (Å²) in [5.74, 6) is 1.40. The number of rotatable bonds is 5. The summed E-state index contributed by atoms with van der Waals surface area (Å²) in [5, 5.41) is 11.5. The third kappa shape index (κ3) is 4.54. The first-order chi connectivity index (χ1) is 16.1. The first kappa shape index (κ1) is 21.7. The Kier molecular flexibility index (Phi) is 6.20. The Hall–Kier alpha value is -3.10. The maximum Gasteiger partial charge on any atom is 0.276 e. The number of nitrogens with one attached hydrogen (secondary N) is 1. The van der Waals surface area contributed by atoms with Gasteiger partial charge in [0.1, 0.15) is 18.1 Å². The van der Waals surface area contributed by atoms with E-state index in [4.69, 9.17) is 14.8 Å². The smallest absolute Gasteiger partial charge is 0.276 e. The molecule has 0 radical (unpaired) electrons. The maximum atomic E-state index is 13.1. The van der Waals surface area contributed by atoms with Gasteiger partial charge in [-0.2, -0.15) is 0 Å². The van der Waals surface area contributed by atoms with E-state index in [0.717, 1.165) is 37.7 Å². The Balaban J connectivity index is 1.50. The summed E-state index contributed by atoms with van der Waals surface area (Å²) in [6, 6.07) is 23.6. The van der Waals surface area contributed by atoms with Crippen molar-refractivity contribution in [2.45, 2.75) is 19.7 Å². The summed E-state index contributed by atoms with van der Waals surface area (Å²) in [4.78, 5) is 18.0. The Morgan fingerprint density at radius 1 is 1.09 bits per heavy atom. The van der Waals surface area contributed by atoms with Gasteiger partial charge in [0.2, 0.25) is 0 Å². The predicted octanol–water partition coefficient (Wildman–Crippen LogP) is 3.92. The number of nitrogens with zero attached hydrogens (tertiary/aromatic N) is 3. The molecule has 6 nitrogen and oxygen atoms in total. The molecular formula is C25H21BrN4O2S. The number of carbonyl (C=O) groups excluding carboxylic acids is 1. The van der Waals surface area contributed by atoms with Gasteiger partial charge in [0.25, 0.3) is 5.91 Å². The van der Waals surface area contributed by atoms with Crippen LogP contribution >= 0.6 is 27.7 Å². The second-order valence-electron chi connectivity index (χ2n) is 7.49. The molecule has 2 aliphatic heterocycles. The van der Waals surface area contributed by atoms with Crippen LogP contribution in [0.15, 0.2) is 87.4 Å². The third-order valence-electron chi connectivity index (χ3n) is 5.28. The zero-order valence-corrected chi connectivity index (χ0v) is 20.3. The number of ether oxygens (including phenoxy) is 1. The number of hydrazone groups is 1. The van der Waals surface area contributed by atoms with Crippen molar-refractivity contribution >= 4 is 44.5 Å². The highest BCUT2D eigenvalue weighted by Crippen LogP contribution is 2.31. The van der Waals surface area contributed by atoms with E-state index in [1.165, 1.54) is 11.8 Å². The van der Waals surface area contributed by atoms with Crippen molar-refractivity contribution in [3.63, 3.8) is 0 Å². The minimum Gasteiger partial charge on any atom is -0.489 e. The summed E-state index contributed by atoms with van der Waals surface area (Å²) in [7, 11) is 0. The second kappa shape index (κ2) is 9.41.